The molecular formula is C17H14Cl2O2. The summed E-state index contributed by atoms with van der Waals surface area (Å²) in [6, 6.07) is 8.54. The van der Waals surface area contributed by atoms with Crippen LogP contribution in [0.15, 0.2) is 36.4 Å². The van der Waals surface area contributed by atoms with Crippen molar-refractivity contribution in [3.05, 3.63) is 68.7 Å². The van der Waals surface area contributed by atoms with E-state index in [1.54, 1.807) is 37.3 Å². The third-order valence-electron chi connectivity index (χ3n) is 3.09. The van der Waals surface area contributed by atoms with E-state index in [0.29, 0.717) is 21.2 Å². The number of phenolic OH excluding ortho intramolecular Hbond substituents is 1. The van der Waals surface area contributed by atoms with Crippen LogP contribution < -0.4 is 0 Å². The fourth-order valence-corrected chi connectivity index (χ4v) is 2.51. The molecule has 21 heavy (non-hydrogen) atoms. The van der Waals surface area contributed by atoms with Gasteiger partial charge in [0.15, 0.2) is 5.78 Å². The van der Waals surface area contributed by atoms with Gasteiger partial charge in [0.05, 0.1) is 5.56 Å². The Balaban J connectivity index is 2.31. The highest BCUT2D eigenvalue weighted by atomic mass is 35.5. The molecule has 0 amide bonds. The molecule has 2 nitrogen and oxygen atoms in total. The number of aryl methyl sites for hydroxylation is 2. The number of phenols is 1. The molecule has 2 rings (SSSR count). The number of carbonyl (C=O) groups excluding carboxylic acids is 1. The molecule has 0 unspecified atom stereocenters. The van der Waals surface area contributed by atoms with E-state index in [1.807, 2.05) is 13.0 Å². The maximum absolute atomic E-state index is 12.2. The van der Waals surface area contributed by atoms with Gasteiger partial charge in [-0.05, 0) is 60.9 Å². The van der Waals surface area contributed by atoms with Gasteiger partial charge in [-0.2, -0.15) is 0 Å². The molecule has 108 valence electrons. The van der Waals surface area contributed by atoms with E-state index in [-0.39, 0.29) is 17.1 Å². The number of hydrogen-bond donors (Lipinski definition) is 1. The van der Waals surface area contributed by atoms with Crippen LogP contribution in [-0.4, -0.2) is 10.9 Å². The van der Waals surface area contributed by atoms with Gasteiger partial charge < -0.3 is 5.11 Å². The third kappa shape index (κ3) is 3.66. The smallest absolute Gasteiger partial charge is 0.189 e. The lowest BCUT2D eigenvalue weighted by molar-refractivity contribution is 0.104. The van der Waals surface area contributed by atoms with Crippen LogP contribution in [0.3, 0.4) is 0 Å². The van der Waals surface area contributed by atoms with Crippen molar-refractivity contribution < 1.29 is 9.90 Å². The van der Waals surface area contributed by atoms with Crippen molar-refractivity contribution in [1.29, 1.82) is 0 Å². The van der Waals surface area contributed by atoms with Crippen molar-refractivity contribution in [1.82, 2.24) is 0 Å². The highest BCUT2D eigenvalue weighted by molar-refractivity contribution is 6.35. The molecular weight excluding hydrogens is 307 g/mol. The molecule has 2 aromatic rings. The molecule has 0 aliphatic carbocycles. The summed E-state index contributed by atoms with van der Waals surface area (Å²) in [5, 5.41) is 11.0. The summed E-state index contributed by atoms with van der Waals surface area (Å²) in [5.41, 5.74) is 2.58. The summed E-state index contributed by atoms with van der Waals surface area (Å²) < 4.78 is 0. The first-order valence-corrected chi connectivity index (χ1v) is 7.12. The highest BCUT2D eigenvalue weighted by Crippen LogP contribution is 2.26. The first kappa shape index (κ1) is 15.6. The number of rotatable bonds is 3. The second-order valence-corrected chi connectivity index (χ2v) is 5.69. The van der Waals surface area contributed by atoms with Crippen molar-refractivity contribution >= 4 is 35.1 Å². The van der Waals surface area contributed by atoms with Gasteiger partial charge in [0.1, 0.15) is 5.75 Å². The monoisotopic (exact) mass is 320 g/mol. The SMILES string of the molecule is Cc1cc(C)c(O)c(C(=O)C=Cc2ccc(Cl)cc2Cl)c1. The highest BCUT2D eigenvalue weighted by Gasteiger charge is 2.11. The second kappa shape index (κ2) is 6.33. The Kier molecular flexibility index (Phi) is 4.71. The van der Waals surface area contributed by atoms with E-state index < -0.39 is 0 Å². The largest absolute Gasteiger partial charge is 0.507 e. The number of ketones is 1. The van der Waals surface area contributed by atoms with Crippen molar-refractivity contribution in [3.63, 3.8) is 0 Å². The number of hydrogen-bond acceptors (Lipinski definition) is 2. The summed E-state index contributed by atoms with van der Waals surface area (Å²) in [4.78, 5) is 12.2. The minimum absolute atomic E-state index is 0.0115. The Labute approximate surface area is 133 Å². The Morgan fingerprint density at radius 1 is 1.14 bits per heavy atom. The number of aromatic hydroxyl groups is 1. The predicted octanol–water partition coefficient (Wildman–Crippen LogP) is 5.21. The summed E-state index contributed by atoms with van der Waals surface area (Å²) in [5.74, 6) is -0.261. The summed E-state index contributed by atoms with van der Waals surface area (Å²) >= 11 is 11.9. The Hall–Kier alpha value is -1.77. The molecule has 1 N–H and O–H groups in total. The van der Waals surface area contributed by atoms with Gasteiger partial charge in [-0.15, -0.1) is 0 Å². The quantitative estimate of drug-likeness (QED) is 0.622. The Morgan fingerprint density at radius 3 is 2.52 bits per heavy atom. The van der Waals surface area contributed by atoms with Crippen LogP contribution in [0.1, 0.15) is 27.0 Å². The van der Waals surface area contributed by atoms with Gasteiger partial charge in [0, 0.05) is 10.0 Å². The Morgan fingerprint density at radius 2 is 1.86 bits per heavy atom. The zero-order chi connectivity index (χ0) is 15.6. The fourth-order valence-electron chi connectivity index (χ4n) is 2.04. The summed E-state index contributed by atoms with van der Waals surface area (Å²) in [6.07, 6.45) is 3.00. The maximum Gasteiger partial charge on any atom is 0.189 e. The Bertz CT molecular complexity index is 734. The van der Waals surface area contributed by atoms with Crippen LogP contribution in [0.5, 0.6) is 5.75 Å². The molecule has 0 aliphatic rings. The average molecular weight is 321 g/mol. The minimum atomic E-state index is -0.273. The van der Waals surface area contributed by atoms with E-state index in [1.165, 1.54) is 6.08 Å². The molecule has 0 radical (unpaired) electrons. The van der Waals surface area contributed by atoms with Crippen LogP contribution in [0.4, 0.5) is 0 Å². The lowest BCUT2D eigenvalue weighted by Crippen LogP contribution is -1.97. The normalized spacial score (nSPS) is 11.0. The molecule has 4 heteroatoms. The standard InChI is InChI=1S/C17H14Cl2O2/c1-10-7-11(2)17(21)14(8-10)16(20)6-4-12-3-5-13(18)9-15(12)19/h3-9,21H,1-2H3. The van der Waals surface area contributed by atoms with Gasteiger partial charge in [-0.1, -0.05) is 35.3 Å². The first-order chi connectivity index (χ1) is 9.88. The number of carbonyl (C=O) groups is 1. The number of halogens is 2. The fraction of sp³-hybridized carbons (Fsp3) is 0.118. The van der Waals surface area contributed by atoms with Gasteiger partial charge in [-0.25, -0.2) is 0 Å². The lowest BCUT2D eigenvalue weighted by Gasteiger charge is -2.06. The minimum Gasteiger partial charge on any atom is -0.507 e. The second-order valence-electron chi connectivity index (χ2n) is 4.84. The van der Waals surface area contributed by atoms with E-state index >= 15 is 0 Å². The average Bonchev–Trinajstić information content (AvgIpc) is 2.41. The number of allylic oxidation sites excluding steroid dienone is 1. The van der Waals surface area contributed by atoms with Gasteiger partial charge in [-0.3, -0.25) is 4.79 Å². The zero-order valence-electron chi connectivity index (χ0n) is 11.7. The first-order valence-electron chi connectivity index (χ1n) is 6.36. The maximum atomic E-state index is 12.2. The van der Waals surface area contributed by atoms with E-state index in [4.69, 9.17) is 23.2 Å². The van der Waals surface area contributed by atoms with Crippen molar-refractivity contribution in [2.75, 3.05) is 0 Å². The zero-order valence-corrected chi connectivity index (χ0v) is 13.2. The van der Waals surface area contributed by atoms with Gasteiger partial charge in [0.2, 0.25) is 0 Å². The molecule has 0 saturated heterocycles. The van der Waals surface area contributed by atoms with Crippen molar-refractivity contribution in [2.24, 2.45) is 0 Å². The molecule has 0 atom stereocenters. The van der Waals surface area contributed by atoms with Crippen molar-refractivity contribution in [3.8, 4) is 5.75 Å². The predicted molar refractivity (Wildman–Crippen MR) is 87.4 cm³/mol. The molecule has 0 aromatic heterocycles. The van der Waals surface area contributed by atoms with E-state index in [0.717, 1.165) is 5.56 Å². The third-order valence-corrected chi connectivity index (χ3v) is 3.65. The van der Waals surface area contributed by atoms with E-state index in [9.17, 15) is 9.90 Å². The van der Waals surface area contributed by atoms with E-state index in [2.05, 4.69) is 0 Å². The topological polar surface area (TPSA) is 37.3 Å². The van der Waals surface area contributed by atoms with Crippen LogP contribution in [-0.2, 0) is 0 Å². The molecule has 0 heterocycles. The van der Waals surface area contributed by atoms with Crippen LogP contribution in [0.2, 0.25) is 10.0 Å². The van der Waals surface area contributed by atoms with Crippen LogP contribution in [0, 0.1) is 13.8 Å². The van der Waals surface area contributed by atoms with Gasteiger partial charge >= 0.3 is 0 Å². The molecule has 0 fully saturated rings. The van der Waals surface area contributed by atoms with Crippen molar-refractivity contribution in [2.45, 2.75) is 13.8 Å². The lowest BCUT2D eigenvalue weighted by atomic mass is 10.0. The molecule has 0 saturated carbocycles. The molecule has 0 spiro atoms. The summed E-state index contributed by atoms with van der Waals surface area (Å²) in [7, 11) is 0. The van der Waals surface area contributed by atoms with Crippen LogP contribution in [0.25, 0.3) is 6.08 Å². The molecule has 0 aliphatic heterocycles. The molecule has 0 bridgehead atoms. The number of benzene rings is 2. The summed E-state index contributed by atoms with van der Waals surface area (Å²) in [6.45, 7) is 3.64. The van der Waals surface area contributed by atoms with Gasteiger partial charge in [0.25, 0.3) is 0 Å². The van der Waals surface area contributed by atoms with Crippen LogP contribution >= 0.6 is 23.2 Å². The molecule has 2 aromatic carbocycles.